The van der Waals surface area contributed by atoms with Crippen LogP contribution in [-0.4, -0.2) is 6.08 Å². The molecule has 0 atom stereocenters. The van der Waals surface area contributed by atoms with Gasteiger partial charge in [0.25, 0.3) is 0 Å². The Morgan fingerprint density at radius 1 is 1.33 bits per heavy atom. The van der Waals surface area contributed by atoms with Crippen molar-refractivity contribution in [3.63, 3.8) is 0 Å². The van der Waals surface area contributed by atoms with Gasteiger partial charge in [-0.1, -0.05) is 11.6 Å². The Morgan fingerprint density at radius 2 is 1.92 bits per heavy atom. The van der Waals surface area contributed by atoms with E-state index < -0.39 is 0 Å². The zero-order valence-corrected chi connectivity index (χ0v) is 7.64. The predicted octanol–water partition coefficient (Wildman–Crippen LogP) is 2.92. The number of nitrogens with zero attached hydrogens (tertiary/aromatic N) is 1. The first-order valence-electron chi connectivity index (χ1n) is 3.50. The molecule has 12 heavy (non-hydrogen) atoms. The summed E-state index contributed by atoms with van der Waals surface area (Å²) in [7, 11) is 0. The molecule has 2 nitrogen and oxygen atoms in total. The van der Waals surface area contributed by atoms with Gasteiger partial charge in [-0.3, -0.25) is 0 Å². The maximum atomic E-state index is 9.97. The Bertz CT molecular complexity index is 354. The Kier molecular flexibility index (Phi) is 2.64. The van der Waals surface area contributed by atoms with Crippen molar-refractivity contribution in [2.75, 3.05) is 0 Å². The van der Waals surface area contributed by atoms with E-state index in [1.165, 1.54) is 6.08 Å². The molecule has 0 fully saturated rings. The molecule has 0 aliphatic rings. The molecule has 0 aromatic heterocycles. The average molecular weight is 182 g/mol. The highest BCUT2D eigenvalue weighted by Crippen LogP contribution is 2.27. The molecule has 62 valence electrons. The lowest BCUT2D eigenvalue weighted by atomic mass is 10.1. The van der Waals surface area contributed by atoms with Crippen LogP contribution in [0.2, 0.25) is 5.02 Å². The topological polar surface area (TPSA) is 29.4 Å². The summed E-state index contributed by atoms with van der Waals surface area (Å²) in [6, 6.07) is 3.55. The van der Waals surface area contributed by atoms with Gasteiger partial charge in [0.15, 0.2) is 0 Å². The maximum Gasteiger partial charge on any atom is 0.240 e. The highest BCUT2D eigenvalue weighted by molar-refractivity contribution is 6.33. The molecule has 0 aliphatic carbocycles. The van der Waals surface area contributed by atoms with Crippen LogP contribution in [-0.2, 0) is 4.79 Å². The van der Waals surface area contributed by atoms with Crippen molar-refractivity contribution in [3.05, 3.63) is 28.3 Å². The van der Waals surface area contributed by atoms with Crippen molar-refractivity contribution in [2.24, 2.45) is 4.99 Å². The maximum absolute atomic E-state index is 9.97. The van der Waals surface area contributed by atoms with E-state index in [4.69, 9.17) is 11.6 Å². The van der Waals surface area contributed by atoms with E-state index in [9.17, 15) is 4.79 Å². The first-order valence-corrected chi connectivity index (χ1v) is 3.87. The monoisotopic (exact) mass is 181 g/mol. The third kappa shape index (κ3) is 1.73. The number of halogens is 1. The van der Waals surface area contributed by atoms with E-state index in [1.54, 1.807) is 12.1 Å². The van der Waals surface area contributed by atoms with Gasteiger partial charge in [0, 0.05) is 0 Å². The Hall–Kier alpha value is -1.11. The molecule has 1 aromatic carbocycles. The molecule has 0 spiro atoms. The second-order valence-electron chi connectivity index (χ2n) is 2.59. The van der Waals surface area contributed by atoms with E-state index in [0.29, 0.717) is 10.7 Å². The molecule has 0 N–H and O–H groups in total. The Balaban J connectivity index is 3.32. The lowest BCUT2D eigenvalue weighted by molar-refractivity contribution is 0.565. The lowest BCUT2D eigenvalue weighted by Crippen LogP contribution is -1.80. The molecule has 1 aromatic rings. The van der Waals surface area contributed by atoms with Gasteiger partial charge in [-0.25, -0.2) is 4.79 Å². The number of hydrogen-bond donors (Lipinski definition) is 0. The number of benzene rings is 1. The summed E-state index contributed by atoms with van der Waals surface area (Å²) >= 11 is 5.81. The van der Waals surface area contributed by atoms with Gasteiger partial charge >= 0.3 is 0 Å². The van der Waals surface area contributed by atoms with E-state index >= 15 is 0 Å². The molecule has 0 bridgehead atoms. The van der Waals surface area contributed by atoms with Crippen LogP contribution in [0.3, 0.4) is 0 Å². The van der Waals surface area contributed by atoms with Crippen LogP contribution in [0.1, 0.15) is 11.1 Å². The summed E-state index contributed by atoms with van der Waals surface area (Å²) in [6.07, 6.45) is 1.46. The van der Waals surface area contributed by atoms with E-state index in [2.05, 4.69) is 4.99 Å². The third-order valence-corrected chi connectivity index (χ3v) is 2.03. The highest BCUT2D eigenvalue weighted by Gasteiger charge is 2.01. The number of aliphatic imine (C=N–C) groups is 1. The number of aryl methyl sites for hydroxylation is 2. The first-order chi connectivity index (χ1) is 5.65. The normalized spacial score (nSPS) is 9.25. The van der Waals surface area contributed by atoms with Crippen molar-refractivity contribution >= 4 is 23.4 Å². The minimum Gasteiger partial charge on any atom is -0.211 e. The van der Waals surface area contributed by atoms with Crippen LogP contribution >= 0.6 is 11.6 Å². The smallest absolute Gasteiger partial charge is 0.211 e. The largest absolute Gasteiger partial charge is 0.240 e. The van der Waals surface area contributed by atoms with Gasteiger partial charge in [-0.2, -0.15) is 4.99 Å². The van der Waals surface area contributed by atoms with E-state index in [0.717, 1.165) is 11.1 Å². The number of isocyanates is 1. The predicted molar refractivity (Wildman–Crippen MR) is 48.7 cm³/mol. The molecule has 0 saturated carbocycles. The molecule has 0 radical (unpaired) electrons. The number of hydrogen-bond acceptors (Lipinski definition) is 2. The standard InChI is InChI=1S/C9H8ClNO/c1-6-3-8(10)9(11-5-12)4-7(6)2/h3-4H,1-2H3. The molecular formula is C9H8ClNO. The van der Waals surface area contributed by atoms with E-state index in [1.807, 2.05) is 13.8 Å². The molecule has 3 heteroatoms. The summed E-state index contributed by atoms with van der Waals surface area (Å²) in [6.45, 7) is 3.89. The SMILES string of the molecule is Cc1cc(Cl)c(N=C=O)cc1C. The van der Waals surface area contributed by atoms with Gasteiger partial charge < -0.3 is 0 Å². The Labute approximate surface area is 75.9 Å². The van der Waals surface area contributed by atoms with Crippen LogP contribution in [0.4, 0.5) is 5.69 Å². The molecule has 0 amide bonds. The summed E-state index contributed by atoms with van der Waals surface area (Å²) < 4.78 is 0. The zero-order valence-electron chi connectivity index (χ0n) is 6.89. The van der Waals surface area contributed by atoms with Crippen LogP contribution in [0.5, 0.6) is 0 Å². The van der Waals surface area contributed by atoms with Gasteiger partial charge in [0.05, 0.1) is 10.7 Å². The molecule has 0 unspecified atom stereocenters. The third-order valence-electron chi connectivity index (χ3n) is 1.73. The summed E-state index contributed by atoms with van der Waals surface area (Å²) in [5, 5.41) is 0.487. The van der Waals surface area contributed by atoms with Crippen molar-refractivity contribution < 1.29 is 4.79 Å². The fourth-order valence-electron chi connectivity index (χ4n) is 0.901. The molecule has 0 heterocycles. The molecule has 0 saturated heterocycles. The van der Waals surface area contributed by atoms with Crippen molar-refractivity contribution in [1.29, 1.82) is 0 Å². The quantitative estimate of drug-likeness (QED) is 0.484. The molecule has 1 rings (SSSR count). The van der Waals surface area contributed by atoms with Crippen molar-refractivity contribution in [2.45, 2.75) is 13.8 Å². The van der Waals surface area contributed by atoms with Gasteiger partial charge in [0.2, 0.25) is 6.08 Å². The van der Waals surface area contributed by atoms with Crippen molar-refractivity contribution in [1.82, 2.24) is 0 Å². The zero-order chi connectivity index (χ0) is 9.14. The summed E-state index contributed by atoms with van der Waals surface area (Å²) in [5.74, 6) is 0. The molecule has 0 aliphatic heterocycles. The average Bonchev–Trinajstić information content (AvgIpc) is 2.01. The summed E-state index contributed by atoms with van der Waals surface area (Å²) in [4.78, 5) is 13.4. The van der Waals surface area contributed by atoms with Crippen LogP contribution in [0, 0.1) is 13.8 Å². The van der Waals surface area contributed by atoms with E-state index in [-0.39, 0.29) is 0 Å². The van der Waals surface area contributed by atoms with Crippen LogP contribution in [0.25, 0.3) is 0 Å². The van der Waals surface area contributed by atoms with Crippen molar-refractivity contribution in [3.8, 4) is 0 Å². The fraction of sp³-hybridized carbons (Fsp3) is 0.222. The number of carbonyl (C=O) groups excluding carboxylic acids is 1. The van der Waals surface area contributed by atoms with Gasteiger partial charge in [0.1, 0.15) is 0 Å². The van der Waals surface area contributed by atoms with Crippen LogP contribution in [0.15, 0.2) is 17.1 Å². The highest BCUT2D eigenvalue weighted by atomic mass is 35.5. The lowest BCUT2D eigenvalue weighted by Gasteiger charge is -2.01. The van der Waals surface area contributed by atoms with Gasteiger partial charge in [-0.05, 0) is 37.1 Å². The minimum atomic E-state index is 0.481. The Morgan fingerprint density at radius 3 is 2.50 bits per heavy atom. The summed E-state index contributed by atoms with van der Waals surface area (Å²) in [5.41, 5.74) is 2.63. The number of rotatable bonds is 1. The second-order valence-corrected chi connectivity index (χ2v) is 3.00. The second kappa shape index (κ2) is 3.53. The first kappa shape index (κ1) is 8.98. The fourth-order valence-corrected chi connectivity index (χ4v) is 1.16. The minimum absolute atomic E-state index is 0.481. The van der Waals surface area contributed by atoms with Crippen LogP contribution < -0.4 is 0 Å². The van der Waals surface area contributed by atoms with Gasteiger partial charge in [-0.15, -0.1) is 0 Å². The molecular weight excluding hydrogens is 174 g/mol.